The van der Waals surface area contributed by atoms with Crippen LogP contribution in [0.5, 0.6) is 0 Å². The predicted octanol–water partition coefficient (Wildman–Crippen LogP) is 3.64. The lowest BCUT2D eigenvalue weighted by atomic mass is 10.0. The third kappa shape index (κ3) is 3.57. The zero-order chi connectivity index (χ0) is 22.3. The fourth-order valence-electron chi connectivity index (χ4n) is 4.13. The second-order valence-corrected chi connectivity index (χ2v) is 9.75. The lowest BCUT2D eigenvalue weighted by Gasteiger charge is -2.28. The molecule has 2 aromatic carbocycles. The second-order valence-electron chi connectivity index (χ2n) is 7.81. The van der Waals surface area contributed by atoms with Crippen LogP contribution in [0.4, 0.5) is 5.69 Å². The van der Waals surface area contributed by atoms with Crippen molar-refractivity contribution in [1.82, 2.24) is 13.7 Å². The Morgan fingerprint density at radius 1 is 1.00 bits per heavy atom. The van der Waals surface area contributed by atoms with Crippen molar-refractivity contribution in [2.24, 2.45) is 0 Å². The summed E-state index contributed by atoms with van der Waals surface area (Å²) in [6.07, 6.45) is 2.44. The Balaban J connectivity index is 1.40. The number of nitrogens with zero attached hydrogens (tertiary/aromatic N) is 3. The first-order valence-corrected chi connectivity index (χ1v) is 11.8. The quantitative estimate of drug-likeness (QED) is 0.519. The van der Waals surface area contributed by atoms with Gasteiger partial charge in [-0.25, -0.2) is 13.4 Å². The van der Waals surface area contributed by atoms with Gasteiger partial charge in [0.1, 0.15) is 11.3 Å². The van der Waals surface area contributed by atoms with Crippen LogP contribution in [0, 0.1) is 6.92 Å². The van der Waals surface area contributed by atoms with Gasteiger partial charge in [0.25, 0.3) is 5.91 Å². The molecule has 162 valence electrons. The Hall–Kier alpha value is -3.49. The molecule has 4 aromatic rings. The smallest absolute Gasteiger partial charge is 0.274 e. The van der Waals surface area contributed by atoms with E-state index in [4.69, 9.17) is 0 Å². The first kappa shape index (κ1) is 20.4. The maximum atomic E-state index is 13.0. The van der Waals surface area contributed by atoms with Gasteiger partial charge in [-0.05, 0) is 60.9 Å². The Morgan fingerprint density at radius 3 is 2.59 bits per heavy atom. The molecule has 0 atom stereocenters. The van der Waals surface area contributed by atoms with Gasteiger partial charge in [-0.1, -0.05) is 30.3 Å². The molecule has 0 saturated carbocycles. The number of carbonyl (C=O) groups is 1. The third-order valence-electron chi connectivity index (χ3n) is 5.74. The largest absolute Gasteiger partial charge is 0.321 e. The highest BCUT2D eigenvalue weighted by molar-refractivity contribution is 7.89. The van der Waals surface area contributed by atoms with E-state index in [1.165, 1.54) is 4.31 Å². The minimum absolute atomic E-state index is 0.259. The zero-order valence-electron chi connectivity index (χ0n) is 17.5. The van der Waals surface area contributed by atoms with E-state index in [1.807, 2.05) is 42.6 Å². The van der Waals surface area contributed by atoms with E-state index in [9.17, 15) is 13.2 Å². The molecule has 1 N–H and O–H groups in total. The molecule has 0 radical (unpaired) electrons. The van der Waals surface area contributed by atoms with E-state index >= 15 is 0 Å². The number of aromatic nitrogens is 2. The minimum Gasteiger partial charge on any atom is -0.321 e. The van der Waals surface area contributed by atoms with E-state index in [2.05, 4.69) is 10.3 Å². The number of hydrogen-bond donors (Lipinski definition) is 1. The number of hydrogen-bond acceptors (Lipinski definition) is 4. The zero-order valence-corrected chi connectivity index (χ0v) is 18.3. The summed E-state index contributed by atoms with van der Waals surface area (Å²) in [5.41, 5.74) is 4.44. The molecule has 1 amide bonds. The van der Waals surface area contributed by atoms with Crippen molar-refractivity contribution in [2.45, 2.75) is 24.8 Å². The van der Waals surface area contributed by atoms with Crippen LogP contribution in [0.2, 0.25) is 0 Å². The highest BCUT2D eigenvalue weighted by atomic mass is 32.2. The molecular weight excluding hydrogens is 424 g/mol. The molecule has 0 spiro atoms. The van der Waals surface area contributed by atoms with Crippen molar-refractivity contribution in [2.75, 3.05) is 11.9 Å². The van der Waals surface area contributed by atoms with E-state index in [0.717, 1.165) is 11.1 Å². The Bertz CT molecular complexity index is 1430. The summed E-state index contributed by atoms with van der Waals surface area (Å²) in [6.45, 7) is 2.50. The lowest BCUT2D eigenvalue weighted by molar-refractivity contribution is 0.102. The molecule has 0 saturated heterocycles. The molecule has 0 bridgehead atoms. The highest BCUT2D eigenvalue weighted by Crippen LogP contribution is 2.27. The number of imidazole rings is 1. The van der Waals surface area contributed by atoms with Gasteiger partial charge in [0.05, 0.1) is 10.6 Å². The Labute approximate surface area is 186 Å². The maximum absolute atomic E-state index is 13.0. The fourth-order valence-corrected chi connectivity index (χ4v) is 5.57. The average molecular weight is 447 g/mol. The first-order chi connectivity index (χ1) is 15.4. The Kier molecular flexibility index (Phi) is 5.03. The second kappa shape index (κ2) is 7.89. The molecular formula is C24H22N4O3S. The van der Waals surface area contributed by atoms with E-state index in [1.54, 1.807) is 41.7 Å². The van der Waals surface area contributed by atoms with Crippen molar-refractivity contribution in [3.63, 3.8) is 0 Å². The molecule has 5 rings (SSSR count). The number of amides is 1. The standard InChI is InChI=1S/C24H22N4O3S/c1-17-23(28-13-6-5-9-22(28)25-17)24(29)26-20-11-10-18-12-14-27(16-19(18)15-20)32(30,31)21-7-3-2-4-8-21/h2-11,13,15H,12,14,16H2,1H3,(H,26,29). The molecule has 0 aliphatic carbocycles. The van der Waals surface area contributed by atoms with E-state index in [-0.39, 0.29) is 17.3 Å². The summed E-state index contributed by atoms with van der Waals surface area (Å²) >= 11 is 0. The predicted molar refractivity (Wildman–Crippen MR) is 122 cm³/mol. The van der Waals surface area contributed by atoms with Crippen LogP contribution < -0.4 is 5.32 Å². The van der Waals surface area contributed by atoms with Crippen molar-refractivity contribution in [1.29, 1.82) is 0 Å². The van der Waals surface area contributed by atoms with Crippen LogP contribution in [0.3, 0.4) is 0 Å². The summed E-state index contributed by atoms with van der Waals surface area (Å²) in [6, 6.07) is 19.7. The lowest BCUT2D eigenvalue weighted by Crippen LogP contribution is -2.36. The van der Waals surface area contributed by atoms with Gasteiger partial charge in [0.15, 0.2) is 0 Å². The van der Waals surface area contributed by atoms with Crippen molar-refractivity contribution in [3.05, 3.63) is 95.4 Å². The highest BCUT2D eigenvalue weighted by Gasteiger charge is 2.28. The summed E-state index contributed by atoms with van der Waals surface area (Å²) in [5.74, 6) is -0.259. The van der Waals surface area contributed by atoms with Crippen molar-refractivity contribution in [3.8, 4) is 0 Å². The molecule has 0 fully saturated rings. The van der Waals surface area contributed by atoms with Crippen LogP contribution >= 0.6 is 0 Å². The van der Waals surface area contributed by atoms with Gasteiger partial charge >= 0.3 is 0 Å². The number of carbonyl (C=O) groups excluding carboxylic acids is 1. The molecule has 2 aromatic heterocycles. The average Bonchev–Trinajstić information content (AvgIpc) is 3.15. The van der Waals surface area contributed by atoms with Gasteiger partial charge in [-0.3, -0.25) is 9.20 Å². The van der Waals surface area contributed by atoms with E-state index in [0.29, 0.717) is 35.7 Å². The summed E-state index contributed by atoms with van der Waals surface area (Å²) in [4.78, 5) is 17.7. The van der Waals surface area contributed by atoms with Gasteiger partial charge in [-0.15, -0.1) is 0 Å². The van der Waals surface area contributed by atoms with Gasteiger partial charge in [-0.2, -0.15) is 4.31 Å². The van der Waals surface area contributed by atoms with Crippen LogP contribution in [0.1, 0.15) is 27.3 Å². The fraction of sp³-hybridized carbons (Fsp3) is 0.167. The first-order valence-electron chi connectivity index (χ1n) is 10.4. The third-order valence-corrected chi connectivity index (χ3v) is 7.60. The van der Waals surface area contributed by atoms with Crippen LogP contribution in [-0.4, -0.2) is 34.6 Å². The van der Waals surface area contributed by atoms with Crippen LogP contribution in [-0.2, 0) is 23.0 Å². The Morgan fingerprint density at radius 2 is 1.78 bits per heavy atom. The van der Waals surface area contributed by atoms with Gasteiger partial charge in [0, 0.05) is 25.0 Å². The molecule has 3 heterocycles. The van der Waals surface area contributed by atoms with Crippen molar-refractivity contribution < 1.29 is 13.2 Å². The molecule has 8 heteroatoms. The normalized spacial score (nSPS) is 14.3. The molecule has 1 aliphatic rings. The van der Waals surface area contributed by atoms with Crippen LogP contribution in [0.15, 0.2) is 77.8 Å². The molecule has 7 nitrogen and oxygen atoms in total. The topological polar surface area (TPSA) is 83.8 Å². The minimum atomic E-state index is -3.57. The summed E-state index contributed by atoms with van der Waals surface area (Å²) in [5, 5.41) is 2.94. The van der Waals surface area contributed by atoms with Crippen molar-refractivity contribution >= 4 is 27.3 Å². The monoisotopic (exact) mass is 446 g/mol. The van der Waals surface area contributed by atoms with E-state index < -0.39 is 10.0 Å². The van der Waals surface area contributed by atoms with Crippen LogP contribution in [0.25, 0.3) is 5.65 Å². The van der Waals surface area contributed by atoms with Gasteiger partial charge in [0.2, 0.25) is 10.0 Å². The SMILES string of the molecule is Cc1nc2ccccn2c1C(=O)Nc1ccc2c(c1)CN(S(=O)(=O)c1ccccc1)CC2. The molecule has 1 aliphatic heterocycles. The van der Waals surface area contributed by atoms with Gasteiger partial charge < -0.3 is 5.32 Å². The number of fused-ring (bicyclic) bond motifs is 2. The maximum Gasteiger partial charge on any atom is 0.274 e. The number of nitrogens with one attached hydrogen (secondary N) is 1. The summed E-state index contributed by atoms with van der Waals surface area (Å²) in [7, 11) is -3.57. The number of aryl methyl sites for hydroxylation is 1. The number of pyridine rings is 1. The number of benzene rings is 2. The summed E-state index contributed by atoms with van der Waals surface area (Å²) < 4.78 is 29.3. The molecule has 32 heavy (non-hydrogen) atoms. The number of rotatable bonds is 4. The molecule has 0 unspecified atom stereocenters. The number of sulfonamides is 1. The number of anilines is 1.